The Hall–Kier alpha value is -2.91. The highest BCUT2D eigenvalue weighted by atomic mass is 79.9. The maximum Gasteiger partial charge on any atom is 0.163 e. The molecule has 6 nitrogen and oxygen atoms in total. The van der Waals surface area contributed by atoms with Gasteiger partial charge in [-0.1, -0.05) is 64.5 Å². The van der Waals surface area contributed by atoms with Gasteiger partial charge in [0.15, 0.2) is 9.84 Å². The minimum atomic E-state index is -3.65. The SMILES string of the molecule is O=S1(=O)CC(COc2ccccc2)=C([C@H](O)CC/C(=C/c2cc(Br)ccc2O)c2ccccc2)[C@@H]1CO. The van der Waals surface area contributed by atoms with Gasteiger partial charge in [0.05, 0.1) is 18.5 Å². The quantitative estimate of drug-likeness (QED) is 0.229. The van der Waals surface area contributed by atoms with E-state index in [1.165, 1.54) is 0 Å². The number of hydrogen-bond acceptors (Lipinski definition) is 6. The fourth-order valence-electron chi connectivity index (χ4n) is 4.55. The first-order chi connectivity index (χ1) is 17.8. The van der Waals surface area contributed by atoms with E-state index >= 15 is 0 Å². The molecule has 2 atom stereocenters. The molecule has 0 radical (unpaired) electrons. The maximum atomic E-state index is 12.8. The van der Waals surface area contributed by atoms with Crippen molar-refractivity contribution in [2.24, 2.45) is 0 Å². The first kappa shape index (κ1) is 27.1. The molecular weight excluding hydrogens is 556 g/mol. The Morgan fingerprint density at radius 1 is 1.05 bits per heavy atom. The van der Waals surface area contributed by atoms with E-state index in [4.69, 9.17) is 4.74 Å². The van der Waals surface area contributed by atoms with E-state index in [2.05, 4.69) is 15.9 Å². The van der Waals surface area contributed by atoms with Gasteiger partial charge in [0.2, 0.25) is 0 Å². The van der Waals surface area contributed by atoms with Gasteiger partial charge in [0.25, 0.3) is 0 Å². The molecule has 0 aromatic heterocycles. The summed E-state index contributed by atoms with van der Waals surface area (Å²) in [6.07, 6.45) is 1.41. The van der Waals surface area contributed by atoms with Gasteiger partial charge in [0, 0.05) is 10.0 Å². The van der Waals surface area contributed by atoms with Crippen molar-refractivity contribution in [2.45, 2.75) is 24.2 Å². The van der Waals surface area contributed by atoms with E-state index in [0.29, 0.717) is 28.9 Å². The van der Waals surface area contributed by atoms with Crippen molar-refractivity contribution in [3.8, 4) is 11.5 Å². The number of phenolic OH excluding ortho intramolecular Hbond substituents is 1. The largest absolute Gasteiger partial charge is 0.507 e. The summed E-state index contributed by atoms with van der Waals surface area (Å²) >= 11 is 3.43. The molecule has 1 heterocycles. The topological polar surface area (TPSA) is 104 Å². The molecule has 0 aliphatic carbocycles. The van der Waals surface area contributed by atoms with Crippen LogP contribution in [0.1, 0.15) is 24.0 Å². The number of aliphatic hydroxyl groups excluding tert-OH is 2. The highest BCUT2D eigenvalue weighted by Crippen LogP contribution is 2.34. The first-order valence-corrected chi connectivity index (χ1v) is 14.4. The van der Waals surface area contributed by atoms with Crippen molar-refractivity contribution in [1.29, 1.82) is 0 Å². The van der Waals surface area contributed by atoms with E-state index in [1.54, 1.807) is 24.3 Å². The second kappa shape index (κ2) is 12.1. The van der Waals surface area contributed by atoms with Gasteiger partial charge in [-0.15, -0.1) is 0 Å². The molecule has 0 unspecified atom stereocenters. The molecule has 8 heteroatoms. The number of aromatic hydroxyl groups is 1. The number of sulfone groups is 1. The molecule has 37 heavy (non-hydrogen) atoms. The Bertz CT molecular complexity index is 1380. The molecule has 1 aliphatic heterocycles. The third-order valence-corrected chi connectivity index (χ3v) is 8.91. The molecule has 0 amide bonds. The Labute approximate surface area is 225 Å². The molecule has 3 N–H and O–H groups in total. The summed E-state index contributed by atoms with van der Waals surface area (Å²) in [5.41, 5.74) is 3.21. The zero-order valence-corrected chi connectivity index (χ0v) is 22.5. The van der Waals surface area contributed by atoms with Crippen LogP contribution in [0.5, 0.6) is 11.5 Å². The van der Waals surface area contributed by atoms with E-state index < -0.39 is 27.8 Å². The molecule has 0 fully saturated rings. The van der Waals surface area contributed by atoms with Crippen LogP contribution >= 0.6 is 15.9 Å². The van der Waals surface area contributed by atoms with Crippen LogP contribution < -0.4 is 4.74 Å². The second-order valence-corrected chi connectivity index (χ2v) is 12.0. The summed E-state index contributed by atoms with van der Waals surface area (Å²) in [5.74, 6) is 0.462. The number of aliphatic hydroxyl groups is 2. The highest BCUT2D eigenvalue weighted by Gasteiger charge is 2.41. The van der Waals surface area contributed by atoms with Gasteiger partial charge in [-0.25, -0.2) is 8.42 Å². The third kappa shape index (κ3) is 6.70. The third-order valence-electron chi connectivity index (χ3n) is 6.40. The van der Waals surface area contributed by atoms with Gasteiger partial charge in [-0.3, -0.25) is 0 Å². The maximum absolute atomic E-state index is 12.8. The van der Waals surface area contributed by atoms with Gasteiger partial charge in [0.1, 0.15) is 23.4 Å². The van der Waals surface area contributed by atoms with Gasteiger partial charge < -0.3 is 20.1 Å². The molecule has 194 valence electrons. The van der Waals surface area contributed by atoms with Crippen LogP contribution in [0.25, 0.3) is 11.6 Å². The van der Waals surface area contributed by atoms with Crippen LogP contribution in [-0.4, -0.2) is 54.1 Å². The smallest absolute Gasteiger partial charge is 0.163 e. The van der Waals surface area contributed by atoms with Gasteiger partial charge >= 0.3 is 0 Å². The second-order valence-electron chi connectivity index (χ2n) is 8.93. The van der Waals surface area contributed by atoms with Crippen molar-refractivity contribution in [3.05, 3.63) is 106 Å². The number of allylic oxidation sites excluding steroid dienone is 1. The van der Waals surface area contributed by atoms with E-state index in [-0.39, 0.29) is 24.5 Å². The average Bonchev–Trinajstić information content (AvgIpc) is 3.17. The lowest BCUT2D eigenvalue weighted by molar-refractivity contribution is 0.188. The van der Waals surface area contributed by atoms with Crippen LogP contribution in [0.2, 0.25) is 0 Å². The van der Waals surface area contributed by atoms with Crippen LogP contribution in [-0.2, 0) is 9.84 Å². The first-order valence-electron chi connectivity index (χ1n) is 11.9. The van der Waals surface area contributed by atoms with Gasteiger partial charge in [-0.05, 0) is 71.5 Å². The lowest BCUT2D eigenvalue weighted by atomic mass is 9.92. The number of ether oxygens (including phenoxy) is 1. The van der Waals surface area contributed by atoms with E-state index in [9.17, 15) is 23.7 Å². The van der Waals surface area contributed by atoms with Crippen molar-refractivity contribution >= 4 is 37.4 Å². The summed E-state index contributed by atoms with van der Waals surface area (Å²) in [5, 5.41) is 30.4. The Morgan fingerprint density at radius 2 is 1.73 bits per heavy atom. The summed E-state index contributed by atoms with van der Waals surface area (Å²) in [6.45, 7) is -0.587. The fraction of sp³-hybridized carbons (Fsp3) is 0.241. The van der Waals surface area contributed by atoms with E-state index in [1.807, 2.05) is 60.7 Å². The van der Waals surface area contributed by atoms with Crippen molar-refractivity contribution in [1.82, 2.24) is 0 Å². The minimum absolute atomic E-state index is 0.0133. The Morgan fingerprint density at radius 3 is 2.41 bits per heavy atom. The molecule has 0 saturated carbocycles. The number of hydrogen-bond donors (Lipinski definition) is 3. The molecule has 0 bridgehead atoms. The summed E-state index contributed by atoms with van der Waals surface area (Å²) < 4.78 is 32.2. The van der Waals surface area contributed by atoms with Crippen LogP contribution in [0.15, 0.2) is 94.5 Å². The zero-order chi connectivity index (χ0) is 26.4. The van der Waals surface area contributed by atoms with Crippen molar-refractivity contribution in [3.63, 3.8) is 0 Å². The lowest BCUT2D eigenvalue weighted by Crippen LogP contribution is -2.29. The standard InChI is InChI=1S/C29H29BrO6S/c30-24-12-14-26(32)22(16-24)15-21(20-7-3-1-4-8-20)11-13-27(33)29-23(19-37(34,35)28(29)17-31)18-36-25-9-5-2-6-10-25/h1-10,12,14-16,27-28,31-33H,11,13,17-19H2/b21-15-/t27-,28+/m1/s1. The fourth-order valence-corrected chi connectivity index (χ4v) is 6.80. The number of phenols is 1. The summed E-state index contributed by atoms with van der Waals surface area (Å²) in [4.78, 5) is 0. The normalized spacial score (nSPS) is 18.1. The molecule has 1 aliphatic rings. The molecular formula is C29H29BrO6S. The van der Waals surface area contributed by atoms with Gasteiger partial charge in [-0.2, -0.15) is 0 Å². The average molecular weight is 586 g/mol. The number of rotatable bonds is 10. The summed E-state index contributed by atoms with van der Waals surface area (Å²) in [6, 6.07) is 23.8. The van der Waals surface area contributed by atoms with Crippen LogP contribution in [0, 0.1) is 0 Å². The Balaban J connectivity index is 1.61. The minimum Gasteiger partial charge on any atom is -0.507 e. The number of para-hydroxylation sites is 1. The predicted octanol–water partition coefficient (Wildman–Crippen LogP) is 5.00. The molecule has 0 saturated heterocycles. The zero-order valence-electron chi connectivity index (χ0n) is 20.1. The van der Waals surface area contributed by atoms with E-state index in [0.717, 1.165) is 15.6 Å². The number of halogens is 1. The van der Waals surface area contributed by atoms with Crippen molar-refractivity contribution in [2.75, 3.05) is 19.0 Å². The van der Waals surface area contributed by atoms with Crippen LogP contribution in [0.4, 0.5) is 0 Å². The highest BCUT2D eigenvalue weighted by molar-refractivity contribution is 9.10. The summed E-state index contributed by atoms with van der Waals surface area (Å²) in [7, 11) is -3.65. The molecule has 0 spiro atoms. The molecule has 4 rings (SSSR count). The van der Waals surface area contributed by atoms with Crippen LogP contribution in [0.3, 0.4) is 0 Å². The predicted molar refractivity (Wildman–Crippen MR) is 149 cm³/mol. The Kier molecular flexibility index (Phi) is 8.87. The molecule has 3 aromatic rings. The van der Waals surface area contributed by atoms with Crippen molar-refractivity contribution < 1.29 is 28.5 Å². The monoisotopic (exact) mass is 584 g/mol. The number of benzene rings is 3. The lowest BCUT2D eigenvalue weighted by Gasteiger charge is -2.20. The molecule has 3 aromatic carbocycles.